The van der Waals surface area contributed by atoms with Crippen molar-refractivity contribution in [2.75, 3.05) is 13.6 Å². The summed E-state index contributed by atoms with van der Waals surface area (Å²) in [5.74, 6) is 0.249. The normalized spacial score (nSPS) is 10.1. The van der Waals surface area contributed by atoms with Crippen LogP contribution in [0.15, 0.2) is 18.2 Å². The third-order valence-corrected chi connectivity index (χ3v) is 1.68. The summed E-state index contributed by atoms with van der Waals surface area (Å²) >= 11 is 0. The number of benzene rings is 1. The molecule has 0 aromatic heterocycles. The van der Waals surface area contributed by atoms with Crippen molar-refractivity contribution < 1.29 is 73.8 Å². The summed E-state index contributed by atoms with van der Waals surface area (Å²) in [4.78, 5) is 0. The second-order valence-electron chi connectivity index (χ2n) is 3.03. The Morgan fingerprint density at radius 3 is 2.29 bits per heavy atom. The van der Waals surface area contributed by atoms with Gasteiger partial charge in [-0.05, 0) is 12.1 Å². The molecule has 3 nitrogen and oxygen atoms in total. The number of hydrogen-bond donors (Lipinski definition) is 0. The van der Waals surface area contributed by atoms with E-state index in [1.165, 1.54) is 25.3 Å². The van der Waals surface area contributed by atoms with Crippen LogP contribution in [0.1, 0.15) is 5.56 Å². The van der Waals surface area contributed by atoms with Gasteiger partial charge in [-0.2, -0.15) is 5.26 Å². The van der Waals surface area contributed by atoms with Crippen LogP contribution in [0.4, 0.5) is 12.9 Å². The summed E-state index contributed by atoms with van der Waals surface area (Å²) in [7, 11) is 1.36. The smallest absolute Gasteiger partial charge is 0.522 e. The van der Waals surface area contributed by atoms with Crippen LogP contribution in [0.25, 0.3) is 0 Å². The first-order valence-electron chi connectivity index (χ1n) is 4.37. The largest absolute Gasteiger partial charge is 1.00 e. The van der Waals surface area contributed by atoms with Crippen LogP contribution in [-0.4, -0.2) is 20.6 Å². The maximum atomic E-state index is 11.9. The zero-order chi connectivity index (χ0) is 12.2. The fourth-order valence-electron chi connectivity index (χ4n) is 1.03. The number of hydrogen-bond acceptors (Lipinski definition) is 3. The van der Waals surface area contributed by atoms with Crippen LogP contribution in [0.2, 0.25) is 0 Å². The van der Waals surface area contributed by atoms with Crippen molar-refractivity contribution in [1.29, 1.82) is 5.26 Å². The molecule has 0 bridgehead atoms. The van der Waals surface area contributed by atoms with E-state index in [-0.39, 0.29) is 68.4 Å². The summed E-state index contributed by atoms with van der Waals surface area (Å²) in [6.07, 6.45) is 0. The molecule has 0 fully saturated rings. The predicted molar refractivity (Wildman–Crippen MR) is 52.3 cm³/mol. The molecule has 0 unspecified atom stereocenters. The minimum absolute atomic E-state index is 0. The molecular weight excluding hydrogens is 261 g/mol. The van der Waals surface area contributed by atoms with Gasteiger partial charge >= 0.3 is 58.4 Å². The van der Waals surface area contributed by atoms with E-state index in [1.807, 2.05) is 0 Å². The topological polar surface area (TPSA) is 42.2 Å². The zero-order valence-corrected chi connectivity index (χ0v) is 12.5. The van der Waals surface area contributed by atoms with Gasteiger partial charge in [0.25, 0.3) is 0 Å². The van der Waals surface area contributed by atoms with Gasteiger partial charge in [-0.3, -0.25) is 0 Å². The number of nitriles is 1. The van der Waals surface area contributed by atoms with Gasteiger partial charge in [0, 0.05) is 6.07 Å². The second-order valence-corrected chi connectivity index (χ2v) is 3.03. The van der Waals surface area contributed by atoms with Crippen LogP contribution in [0, 0.1) is 11.3 Å². The summed E-state index contributed by atoms with van der Waals surface area (Å²) < 4.78 is 45.2. The number of ether oxygens (including phenoxy) is 2. The molecular formula is C9H8BF3KNO2. The van der Waals surface area contributed by atoms with Crippen LogP contribution >= 0.6 is 0 Å². The summed E-state index contributed by atoms with van der Waals surface area (Å²) in [6.45, 7) is -6.34. The van der Waals surface area contributed by atoms with E-state index in [0.717, 1.165) is 0 Å². The number of nitrogens with zero attached hydrogens (tertiary/aromatic N) is 1. The van der Waals surface area contributed by atoms with E-state index in [0.29, 0.717) is 0 Å². The van der Waals surface area contributed by atoms with Gasteiger partial charge in [0.05, 0.1) is 25.2 Å². The first-order valence-corrected chi connectivity index (χ1v) is 4.37. The fraction of sp³-hybridized carbons (Fsp3) is 0.222. The van der Waals surface area contributed by atoms with Crippen molar-refractivity contribution >= 4 is 6.98 Å². The molecule has 0 aliphatic rings. The van der Waals surface area contributed by atoms with E-state index in [1.54, 1.807) is 6.07 Å². The van der Waals surface area contributed by atoms with Crippen LogP contribution in [0.3, 0.4) is 0 Å². The molecule has 0 amide bonds. The standard InChI is InChI=1S/C9H8BF3NO2.K/c1-15-8-2-7(5-14)3-9(4-8)16-6-10(11,12)13;/h2-4H,6H2,1H3;/q-1;+1. The van der Waals surface area contributed by atoms with Gasteiger partial charge in [0.2, 0.25) is 0 Å². The SMILES string of the molecule is COc1cc(C#N)cc(OC[B-](F)(F)F)c1.[K+]. The van der Waals surface area contributed by atoms with Gasteiger partial charge in [-0.25, -0.2) is 0 Å². The molecule has 0 aliphatic heterocycles. The molecule has 1 rings (SSSR count). The summed E-state index contributed by atoms with van der Waals surface area (Å²) in [5, 5.41) is 8.63. The molecule has 1 aromatic rings. The molecule has 1 aromatic carbocycles. The molecule has 17 heavy (non-hydrogen) atoms. The first-order chi connectivity index (χ1) is 7.44. The molecule has 0 heterocycles. The van der Waals surface area contributed by atoms with E-state index in [9.17, 15) is 12.9 Å². The Morgan fingerprint density at radius 1 is 1.24 bits per heavy atom. The molecule has 0 saturated carbocycles. The predicted octanol–water partition coefficient (Wildman–Crippen LogP) is -0.664. The molecule has 86 valence electrons. The first kappa shape index (κ1) is 16.8. The molecule has 0 aliphatic carbocycles. The summed E-state index contributed by atoms with van der Waals surface area (Å²) in [5.41, 5.74) is 0.184. The maximum Gasteiger partial charge on any atom is 1.00 e. The van der Waals surface area contributed by atoms with E-state index in [2.05, 4.69) is 4.74 Å². The van der Waals surface area contributed by atoms with Gasteiger partial charge in [-0.1, -0.05) is 0 Å². The second kappa shape index (κ2) is 7.28. The number of rotatable bonds is 4. The molecule has 0 spiro atoms. The van der Waals surface area contributed by atoms with Gasteiger partial charge in [0.1, 0.15) is 11.5 Å². The number of halogens is 3. The average Bonchev–Trinajstić information content (AvgIpc) is 2.25. The van der Waals surface area contributed by atoms with Gasteiger partial charge in [-0.15, -0.1) is 0 Å². The van der Waals surface area contributed by atoms with Crippen molar-refractivity contribution in [3.05, 3.63) is 23.8 Å². The molecule has 0 saturated heterocycles. The third kappa shape index (κ3) is 6.33. The Kier molecular flexibility index (Phi) is 7.20. The van der Waals surface area contributed by atoms with Crippen LogP contribution < -0.4 is 60.9 Å². The van der Waals surface area contributed by atoms with Crippen LogP contribution in [-0.2, 0) is 0 Å². The Morgan fingerprint density at radius 2 is 1.82 bits per heavy atom. The Labute approximate surface area is 139 Å². The van der Waals surface area contributed by atoms with Crippen molar-refractivity contribution in [3.63, 3.8) is 0 Å². The van der Waals surface area contributed by atoms with Crippen molar-refractivity contribution in [2.24, 2.45) is 0 Å². The molecule has 0 radical (unpaired) electrons. The van der Waals surface area contributed by atoms with Crippen molar-refractivity contribution in [1.82, 2.24) is 0 Å². The fourth-order valence-corrected chi connectivity index (χ4v) is 1.03. The van der Waals surface area contributed by atoms with Gasteiger partial charge in [0.15, 0.2) is 0 Å². The van der Waals surface area contributed by atoms with E-state index in [4.69, 9.17) is 10.00 Å². The van der Waals surface area contributed by atoms with Crippen molar-refractivity contribution in [3.8, 4) is 17.6 Å². The quantitative estimate of drug-likeness (QED) is 0.681. The van der Waals surface area contributed by atoms with E-state index >= 15 is 0 Å². The van der Waals surface area contributed by atoms with Crippen molar-refractivity contribution in [2.45, 2.75) is 0 Å². The zero-order valence-electron chi connectivity index (χ0n) is 9.41. The third-order valence-electron chi connectivity index (χ3n) is 1.68. The number of methoxy groups -OCH3 is 1. The Hall–Kier alpha value is -0.199. The monoisotopic (exact) mass is 269 g/mol. The maximum absolute atomic E-state index is 11.9. The van der Waals surface area contributed by atoms with Gasteiger partial charge < -0.3 is 22.4 Å². The summed E-state index contributed by atoms with van der Waals surface area (Å²) in [6, 6.07) is 5.73. The Bertz CT molecular complexity index is 420. The minimum atomic E-state index is -5.01. The van der Waals surface area contributed by atoms with Crippen LogP contribution in [0.5, 0.6) is 11.5 Å². The average molecular weight is 269 g/mol. The molecule has 0 N–H and O–H groups in total. The molecule has 0 atom stereocenters. The molecule has 8 heteroatoms. The van der Waals surface area contributed by atoms with E-state index < -0.39 is 13.5 Å². The Balaban J connectivity index is 0.00000256. The minimum Gasteiger partial charge on any atom is -0.522 e.